The predicted octanol–water partition coefficient (Wildman–Crippen LogP) is 3.06. The van der Waals surface area contributed by atoms with E-state index in [2.05, 4.69) is 49.9 Å². The van der Waals surface area contributed by atoms with Gasteiger partial charge in [0.25, 0.3) is 5.91 Å². The lowest BCUT2D eigenvalue weighted by molar-refractivity contribution is -0.198. The van der Waals surface area contributed by atoms with Gasteiger partial charge in [-0.05, 0) is 37.8 Å². The summed E-state index contributed by atoms with van der Waals surface area (Å²) in [5.74, 6) is 0.277. The molecule has 0 radical (unpaired) electrons. The van der Waals surface area contributed by atoms with Crippen LogP contribution in [0.15, 0.2) is 42.6 Å². The maximum atomic E-state index is 12.0. The van der Waals surface area contributed by atoms with Crippen molar-refractivity contribution >= 4 is 17.9 Å². The van der Waals surface area contributed by atoms with Crippen LogP contribution in [0.2, 0.25) is 0 Å². The van der Waals surface area contributed by atoms with Gasteiger partial charge in [0.05, 0.1) is 5.69 Å². The SMILES string of the molecule is Cc1nc(NC2CCN(Cc3ccccc3)C2)ncc1/C=C/C(=O)NOC1CCCCO1. The van der Waals surface area contributed by atoms with Crippen LogP contribution >= 0.6 is 0 Å². The number of hydroxylamine groups is 1. The maximum Gasteiger partial charge on any atom is 0.267 e. The molecule has 170 valence electrons. The molecule has 3 heterocycles. The molecular weight excluding hydrogens is 406 g/mol. The van der Waals surface area contributed by atoms with E-state index in [-0.39, 0.29) is 12.2 Å². The number of nitrogens with zero attached hydrogens (tertiary/aromatic N) is 3. The summed E-state index contributed by atoms with van der Waals surface area (Å²) in [6, 6.07) is 10.9. The third-order valence-corrected chi connectivity index (χ3v) is 5.72. The molecule has 2 unspecified atom stereocenters. The third kappa shape index (κ3) is 6.59. The number of anilines is 1. The highest BCUT2D eigenvalue weighted by Crippen LogP contribution is 2.17. The minimum Gasteiger partial charge on any atom is -0.350 e. The van der Waals surface area contributed by atoms with Gasteiger partial charge in [0.15, 0.2) is 6.29 Å². The van der Waals surface area contributed by atoms with Crippen molar-refractivity contribution in [3.63, 3.8) is 0 Å². The van der Waals surface area contributed by atoms with Gasteiger partial charge in [-0.3, -0.25) is 9.69 Å². The molecule has 1 aromatic carbocycles. The lowest BCUT2D eigenvalue weighted by atomic mass is 10.2. The van der Waals surface area contributed by atoms with Gasteiger partial charge in [-0.2, -0.15) is 0 Å². The van der Waals surface area contributed by atoms with Gasteiger partial charge >= 0.3 is 0 Å². The van der Waals surface area contributed by atoms with E-state index in [1.807, 2.05) is 13.0 Å². The standard InChI is InChI=1S/C24H31N5O3/c1-18-20(10-11-22(30)28-32-23-9-5-6-14-31-23)15-25-24(26-18)27-21-12-13-29(17-21)16-19-7-3-2-4-8-19/h2-4,7-8,10-11,15,21,23H,5-6,9,12-14,16-17H2,1H3,(H,28,30)(H,25,26,27)/b11-10+. The summed E-state index contributed by atoms with van der Waals surface area (Å²) in [5.41, 5.74) is 5.34. The van der Waals surface area contributed by atoms with Gasteiger partial charge in [0.2, 0.25) is 5.95 Å². The van der Waals surface area contributed by atoms with E-state index in [1.165, 1.54) is 11.6 Å². The molecule has 1 aromatic heterocycles. The van der Waals surface area contributed by atoms with Crippen LogP contribution in [-0.4, -0.2) is 52.8 Å². The first-order valence-corrected chi connectivity index (χ1v) is 11.3. The second-order valence-corrected chi connectivity index (χ2v) is 8.30. The van der Waals surface area contributed by atoms with E-state index in [9.17, 15) is 4.79 Å². The van der Waals surface area contributed by atoms with Crippen LogP contribution in [0.4, 0.5) is 5.95 Å². The van der Waals surface area contributed by atoms with Gasteiger partial charge < -0.3 is 10.1 Å². The average molecular weight is 438 g/mol. The Bertz CT molecular complexity index is 915. The molecule has 1 amide bonds. The van der Waals surface area contributed by atoms with Crippen LogP contribution in [0.25, 0.3) is 6.08 Å². The van der Waals surface area contributed by atoms with Crippen molar-refractivity contribution in [2.24, 2.45) is 0 Å². The topological polar surface area (TPSA) is 88.6 Å². The van der Waals surface area contributed by atoms with Crippen LogP contribution in [0.1, 0.15) is 42.5 Å². The van der Waals surface area contributed by atoms with Crippen molar-refractivity contribution in [2.45, 2.75) is 51.5 Å². The van der Waals surface area contributed by atoms with E-state index >= 15 is 0 Å². The Balaban J connectivity index is 1.24. The monoisotopic (exact) mass is 437 g/mol. The summed E-state index contributed by atoms with van der Waals surface area (Å²) in [6.07, 6.45) is 8.39. The molecule has 0 spiro atoms. The van der Waals surface area contributed by atoms with Crippen LogP contribution in [0.5, 0.6) is 0 Å². The highest BCUT2D eigenvalue weighted by molar-refractivity contribution is 5.91. The number of hydrogen-bond acceptors (Lipinski definition) is 7. The fourth-order valence-electron chi connectivity index (χ4n) is 3.96. The molecule has 8 nitrogen and oxygen atoms in total. The molecule has 2 aromatic rings. The average Bonchev–Trinajstić information content (AvgIpc) is 3.25. The molecule has 0 bridgehead atoms. The Labute approximate surface area is 189 Å². The fourth-order valence-corrected chi connectivity index (χ4v) is 3.96. The number of ether oxygens (including phenoxy) is 1. The summed E-state index contributed by atoms with van der Waals surface area (Å²) in [7, 11) is 0. The van der Waals surface area contributed by atoms with Crippen molar-refractivity contribution in [3.05, 3.63) is 59.4 Å². The first-order valence-electron chi connectivity index (χ1n) is 11.3. The van der Waals surface area contributed by atoms with Gasteiger partial charge in [0.1, 0.15) is 0 Å². The Hall–Kier alpha value is -2.81. The molecule has 2 fully saturated rings. The van der Waals surface area contributed by atoms with Crippen LogP contribution in [0.3, 0.4) is 0 Å². The molecular formula is C24H31N5O3. The molecule has 2 N–H and O–H groups in total. The zero-order valence-corrected chi connectivity index (χ0v) is 18.5. The summed E-state index contributed by atoms with van der Waals surface area (Å²) in [5, 5.41) is 3.45. The Morgan fingerprint density at radius 3 is 2.94 bits per heavy atom. The second kappa shape index (κ2) is 11.2. The number of carbonyl (C=O) groups excluding carboxylic acids is 1. The molecule has 2 atom stereocenters. The van der Waals surface area contributed by atoms with Crippen molar-refractivity contribution in [2.75, 3.05) is 25.0 Å². The first-order chi connectivity index (χ1) is 15.7. The minimum atomic E-state index is -0.365. The normalized spacial score (nSPS) is 21.7. The zero-order chi connectivity index (χ0) is 22.2. The van der Waals surface area contributed by atoms with E-state index in [0.29, 0.717) is 18.6 Å². The van der Waals surface area contributed by atoms with E-state index in [0.717, 1.165) is 56.6 Å². The van der Waals surface area contributed by atoms with Crippen molar-refractivity contribution in [1.29, 1.82) is 0 Å². The molecule has 8 heteroatoms. The largest absolute Gasteiger partial charge is 0.350 e. The molecule has 0 saturated carbocycles. The number of carbonyl (C=O) groups is 1. The molecule has 0 aliphatic carbocycles. The first kappa shape index (κ1) is 22.4. The van der Waals surface area contributed by atoms with Crippen LogP contribution in [0, 0.1) is 6.92 Å². The summed E-state index contributed by atoms with van der Waals surface area (Å²) >= 11 is 0. The minimum absolute atomic E-state index is 0.324. The molecule has 32 heavy (non-hydrogen) atoms. The Kier molecular flexibility index (Phi) is 7.82. The number of amides is 1. The molecule has 2 aliphatic rings. The lowest BCUT2D eigenvalue weighted by Gasteiger charge is -2.21. The molecule has 2 saturated heterocycles. The smallest absolute Gasteiger partial charge is 0.267 e. The summed E-state index contributed by atoms with van der Waals surface area (Å²) < 4.78 is 5.42. The number of likely N-dealkylation sites (tertiary alicyclic amines) is 1. The van der Waals surface area contributed by atoms with Crippen LogP contribution in [-0.2, 0) is 20.9 Å². The number of nitrogens with one attached hydrogen (secondary N) is 2. The fraction of sp³-hybridized carbons (Fsp3) is 0.458. The summed E-state index contributed by atoms with van der Waals surface area (Å²) in [6.45, 7) is 5.55. The number of aryl methyl sites for hydroxylation is 1. The number of hydrogen-bond donors (Lipinski definition) is 2. The maximum absolute atomic E-state index is 12.0. The Morgan fingerprint density at radius 2 is 2.16 bits per heavy atom. The van der Waals surface area contributed by atoms with Gasteiger partial charge in [-0.15, -0.1) is 0 Å². The number of benzene rings is 1. The van der Waals surface area contributed by atoms with Crippen molar-refractivity contribution in [1.82, 2.24) is 20.3 Å². The molecule has 4 rings (SSSR count). The lowest BCUT2D eigenvalue weighted by Crippen LogP contribution is -2.32. The predicted molar refractivity (Wildman–Crippen MR) is 122 cm³/mol. The van der Waals surface area contributed by atoms with Gasteiger partial charge in [0, 0.05) is 56.5 Å². The second-order valence-electron chi connectivity index (χ2n) is 8.30. The van der Waals surface area contributed by atoms with E-state index in [4.69, 9.17) is 9.57 Å². The highest BCUT2D eigenvalue weighted by atomic mass is 16.8. The Morgan fingerprint density at radius 1 is 1.28 bits per heavy atom. The van der Waals surface area contributed by atoms with Crippen LogP contribution < -0.4 is 10.8 Å². The highest BCUT2D eigenvalue weighted by Gasteiger charge is 2.23. The van der Waals surface area contributed by atoms with Gasteiger partial charge in [-0.25, -0.2) is 20.3 Å². The quantitative estimate of drug-likeness (QED) is 0.485. The van der Waals surface area contributed by atoms with E-state index in [1.54, 1.807) is 12.3 Å². The van der Waals surface area contributed by atoms with E-state index < -0.39 is 0 Å². The van der Waals surface area contributed by atoms with Crippen molar-refractivity contribution in [3.8, 4) is 0 Å². The zero-order valence-electron chi connectivity index (χ0n) is 18.5. The summed E-state index contributed by atoms with van der Waals surface area (Å²) in [4.78, 5) is 28.7. The molecule has 2 aliphatic heterocycles. The van der Waals surface area contributed by atoms with Crippen molar-refractivity contribution < 1.29 is 14.4 Å². The number of aromatic nitrogens is 2. The third-order valence-electron chi connectivity index (χ3n) is 5.72. The van der Waals surface area contributed by atoms with Gasteiger partial charge in [-0.1, -0.05) is 30.3 Å². The number of rotatable bonds is 8.